The molecule has 2 rings (SSSR count). The molecule has 126 valence electrons. The van der Waals surface area contributed by atoms with Crippen molar-refractivity contribution >= 4 is 40.1 Å². The zero-order valence-corrected chi connectivity index (χ0v) is 13.8. The van der Waals surface area contributed by atoms with E-state index in [0.717, 1.165) is 11.5 Å². The fourth-order valence-corrected chi connectivity index (χ4v) is 2.45. The molecule has 0 bridgehead atoms. The molecule has 0 spiro atoms. The predicted octanol–water partition coefficient (Wildman–Crippen LogP) is 1.93. The highest BCUT2D eigenvalue weighted by molar-refractivity contribution is 7.10. The maximum Gasteiger partial charge on any atom is 0.343 e. The zero-order chi connectivity index (χ0) is 17.7. The Bertz CT molecular complexity index is 741. The highest BCUT2D eigenvalue weighted by Gasteiger charge is 2.24. The van der Waals surface area contributed by atoms with Crippen LogP contribution in [0, 0.1) is 6.92 Å². The van der Waals surface area contributed by atoms with E-state index in [9.17, 15) is 14.4 Å². The van der Waals surface area contributed by atoms with Gasteiger partial charge in [-0.05, 0) is 37.5 Å². The average molecular weight is 348 g/mol. The molecule has 8 nitrogen and oxygen atoms in total. The Kier molecular flexibility index (Phi) is 5.48. The molecular weight excluding hydrogens is 332 g/mol. The average Bonchev–Trinajstić information content (AvgIpc) is 2.86. The van der Waals surface area contributed by atoms with Crippen LogP contribution in [0.15, 0.2) is 30.3 Å². The molecule has 1 aromatic heterocycles. The first kappa shape index (κ1) is 17.4. The topological polar surface area (TPSA) is 123 Å². The molecule has 0 fully saturated rings. The third-order valence-electron chi connectivity index (χ3n) is 3.01. The van der Waals surface area contributed by atoms with Crippen molar-refractivity contribution in [3.05, 3.63) is 41.6 Å². The number of nitrogens with one attached hydrogen (secondary N) is 2. The van der Waals surface area contributed by atoms with Crippen molar-refractivity contribution in [3.8, 4) is 0 Å². The lowest BCUT2D eigenvalue weighted by Crippen LogP contribution is -2.41. The van der Waals surface area contributed by atoms with Gasteiger partial charge in [0.1, 0.15) is 10.6 Å². The van der Waals surface area contributed by atoms with Crippen molar-refractivity contribution in [1.29, 1.82) is 0 Å². The van der Waals surface area contributed by atoms with E-state index in [1.165, 1.54) is 6.92 Å². The number of aryl methyl sites for hydroxylation is 1. The third kappa shape index (κ3) is 4.29. The normalized spacial score (nSPS) is 11.4. The highest BCUT2D eigenvalue weighted by atomic mass is 32.1. The molecule has 0 saturated carbocycles. The summed E-state index contributed by atoms with van der Waals surface area (Å²) in [5.41, 5.74) is 6.74. The van der Waals surface area contributed by atoms with Crippen molar-refractivity contribution in [2.45, 2.75) is 20.0 Å². The van der Waals surface area contributed by atoms with Crippen LogP contribution in [-0.4, -0.2) is 28.4 Å². The number of nitrogens with zero attached hydrogens (tertiary/aromatic N) is 1. The van der Waals surface area contributed by atoms with Crippen LogP contribution in [0.1, 0.15) is 23.0 Å². The Morgan fingerprint density at radius 1 is 1.25 bits per heavy atom. The summed E-state index contributed by atoms with van der Waals surface area (Å²) in [7, 11) is 0. The summed E-state index contributed by atoms with van der Waals surface area (Å²) in [6, 6.07) is 7.89. The van der Waals surface area contributed by atoms with Gasteiger partial charge in [0.15, 0.2) is 6.10 Å². The van der Waals surface area contributed by atoms with Crippen LogP contribution in [-0.2, 0) is 9.53 Å². The molecule has 0 aliphatic rings. The molecule has 1 heterocycles. The van der Waals surface area contributed by atoms with Crippen molar-refractivity contribution in [2.24, 2.45) is 0 Å². The lowest BCUT2D eigenvalue weighted by molar-refractivity contribution is -0.127. The van der Waals surface area contributed by atoms with Gasteiger partial charge in [-0.3, -0.25) is 10.1 Å². The second-order valence-electron chi connectivity index (χ2n) is 4.86. The van der Waals surface area contributed by atoms with Crippen LogP contribution in [0.4, 0.5) is 15.5 Å². The summed E-state index contributed by atoms with van der Waals surface area (Å²) >= 11 is 0.969. The van der Waals surface area contributed by atoms with Gasteiger partial charge in [-0.2, -0.15) is 4.37 Å². The number of imide groups is 1. The zero-order valence-electron chi connectivity index (χ0n) is 13.0. The number of aromatic nitrogens is 1. The van der Waals surface area contributed by atoms with Crippen LogP contribution in [0.5, 0.6) is 0 Å². The maximum absolute atomic E-state index is 12.0. The molecule has 1 unspecified atom stereocenters. The molecule has 24 heavy (non-hydrogen) atoms. The molecule has 1 atom stereocenters. The van der Waals surface area contributed by atoms with Gasteiger partial charge in [-0.15, -0.1) is 0 Å². The van der Waals surface area contributed by atoms with E-state index in [1.54, 1.807) is 37.3 Å². The van der Waals surface area contributed by atoms with Gasteiger partial charge in [0.25, 0.3) is 5.91 Å². The lowest BCUT2D eigenvalue weighted by atomic mass is 10.2. The second-order valence-corrected chi connectivity index (χ2v) is 5.67. The van der Waals surface area contributed by atoms with Gasteiger partial charge in [0, 0.05) is 5.69 Å². The summed E-state index contributed by atoms with van der Waals surface area (Å²) in [4.78, 5) is 35.7. The fraction of sp³-hybridized carbons (Fsp3) is 0.200. The number of para-hydroxylation sites is 1. The number of rotatable bonds is 4. The smallest absolute Gasteiger partial charge is 0.343 e. The molecule has 0 radical (unpaired) electrons. The molecule has 4 N–H and O–H groups in total. The molecular formula is C15H16N4O4S. The van der Waals surface area contributed by atoms with Gasteiger partial charge in [-0.25, -0.2) is 9.59 Å². The molecule has 0 aliphatic carbocycles. The Balaban J connectivity index is 1.90. The maximum atomic E-state index is 12.0. The van der Waals surface area contributed by atoms with Crippen LogP contribution in [0.25, 0.3) is 0 Å². The largest absolute Gasteiger partial charge is 0.449 e. The van der Waals surface area contributed by atoms with Crippen LogP contribution < -0.4 is 16.4 Å². The molecule has 9 heteroatoms. The van der Waals surface area contributed by atoms with E-state index in [2.05, 4.69) is 15.0 Å². The molecule has 3 amide bonds. The Labute approximate surface area is 142 Å². The quantitative estimate of drug-likeness (QED) is 0.725. The van der Waals surface area contributed by atoms with Gasteiger partial charge >= 0.3 is 12.0 Å². The minimum Gasteiger partial charge on any atom is -0.449 e. The Hall–Kier alpha value is -2.94. The van der Waals surface area contributed by atoms with E-state index < -0.39 is 24.0 Å². The first-order valence-corrected chi connectivity index (χ1v) is 7.75. The van der Waals surface area contributed by atoms with E-state index in [0.29, 0.717) is 11.4 Å². The van der Waals surface area contributed by atoms with E-state index in [-0.39, 0.29) is 10.6 Å². The number of ether oxygens (including phenoxy) is 1. The van der Waals surface area contributed by atoms with Gasteiger partial charge in [0.05, 0.1) is 5.69 Å². The fourth-order valence-electron chi connectivity index (χ4n) is 1.81. The van der Waals surface area contributed by atoms with E-state index in [4.69, 9.17) is 10.5 Å². The van der Waals surface area contributed by atoms with Crippen molar-refractivity contribution in [3.63, 3.8) is 0 Å². The number of carbonyl (C=O) groups is 3. The summed E-state index contributed by atoms with van der Waals surface area (Å²) in [6.45, 7) is 2.97. The number of anilines is 2. The molecule has 0 aliphatic heterocycles. The van der Waals surface area contributed by atoms with Gasteiger partial charge in [0.2, 0.25) is 0 Å². The SMILES string of the molecule is Cc1nsc(N)c1C(=O)OC(C)C(=O)NC(=O)Nc1ccccc1. The number of benzene rings is 1. The summed E-state index contributed by atoms with van der Waals surface area (Å²) in [5, 5.41) is 4.80. The van der Waals surface area contributed by atoms with E-state index >= 15 is 0 Å². The number of urea groups is 1. The van der Waals surface area contributed by atoms with Crippen molar-refractivity contribution in [2.75, 3.05) is 11.1 Å². The highest BCUT2D eigenvalue weighted by Crippen LogP contribution is 2.22. The van der Waals surface area contributed by atoms with Gasteiger partial charge in [-0.1, -0.05) is 18.2 Å². The number of hydrogen-bond acceptors (Lipinski definition) is 7. The molecule has 2 aromatic rings. The lowest BCUT2D eigenvalue weighted by Gasteiger charge is -2.13. The monoisotopic (exact) mass is 348 g/mol. The van der Waals surface area contributed by atoms with Crippen molar-refractivity contribution < 1.29 is 19.1 Å². The number of amides is 3. The Morgan fingerprint density at radius 3 is 2.50 bits per heavy atom. The third-order valence-corrected chi connectivity index (χ3v) is 3.78. The Morgan fingerprint density at radius 2 is 1.92 bits per heavy atom. The van der Waals surface area contributed by atoms with Crippen LogP contribution in [0.2, 0.25) is 0 Å². The molecule has 1 aromatic carbocycles. The first-order valence-electron chi connectivity index (χ1n) is 6.98. The number of nitrogen functional groups attached to an aromatic ring is 1. The number of esters is 1. The first-order chi connectivity index (χ1) is 11.4. The summed E-state index contributed by atoms with van der Waals surface area (Å²) in [6.07, 6.45) is -1.17. The van der Waals surface area contributed by atoms with Gasteiger partial charge < -0.3 is 15.8 Å². The number of hydrogen-bond donors (Lipinski definition) is 3. The van der Waals surface area contributed by atoms with E-state index in [1.807, 2.05) is 0 Å². The standard InChI is InChI=1S/C15H16N4O4S/c1-8-11(12(16)24-19-8)14(21)23-9(2)13(20)18-15(22)17-10-6-4-3-5-7-10/h3-7,9H,16H2,1-2H3,(H2,17,18,20,22). The minimum atomic E-state index is -1.17. The summed E-state index contributed by atoms with van der Waals surface area (Å²) < 4.78 is 8.96. The summed E-state index contributed by atoms with van der Waals surface area (Å²) in [5.74, 6) is -1.51. The van der Waals surface area contributed by atoms with Crippen LogP contribution in [0.3, 0.4) is 0 Å². The van der Waals surface area contributed by atoms with Crippen LogP contribution >= 0.6 is 11.5 Å². The van der Waals surface area contributed by atoms with Crippen molar-refractivity contribution in [1.82, 2.24) is 9.69 Å². The minimum absolute atomic E-state index is 0.133. The number of carbonyl (C=O) groups excluding carboxylic acids is 3. The number of nitrogens with two attached hydrogens (primary N) is 1. The predicted molar refractivity (Wildman–Crippen MR) is 89.7 cm³/mol. The second kappa shape index (κ2) is 7.55. The molecule has 0 saturated heterocycles.